The molecule has 1 aliphatic heterocycles. The number of carbonyl (C=O) groups excluding carboxylic acids is 1. The summed E-state index contributed by atoms with van der Waals surface area (Å²) in [4.78, 5) is 12.0. The lowest BCUT2D eigenvalue weighted by Crippen LogP contribution is -2.17. The minimum absolute atomic E-state index is 0.0133. The highest BCUT2D eigenvalue weighted by molar-refractivity contribution is 5.91. The summed E-state index contributed by atoms with van der Waals surface area (Å²) in [7, 11) is 0. The van der Waals surface area contributed by atoms with Gasteiger partial charge in [-0.3, -0.25) is 4.79 Å². The number of anilines is 2. The second-order valence-corrected chi connectivity index (χ2v) is 5.45. The van der Waals surface area contributed by atoms with Crippen molar-refractivity contribution in [3.05, 3.63) is 48.0 Å². The molecule has 1 amide bonds. The van der Waals surface area contributed by atoms with E-state index in [1.54, 1.807) is 0 Å². The van der Waals surface area contributed by atoms with Crippen molar-refractivity contribution in [2.45, 2.75) is 13.3 Å². The molecule has 5 nitrogen and oxygen atoms in total. The first-order valence-corrected chi connectivity index (χ1v) is 7.71. The number of rotatable bonds is 5. The first-order valence-electron chi connectivity index (χ1n) is 7.71. The zero-order valence-electron chi connectivity index (χ0n) is 13.1. The minimum Gasteiger partial charge on any atom is -0.486 e. The number of hydrogen-bond acceptors (Lipinski definition) is 4. The molecule has 0 saturated heterocycles. The summed E-state index contributed by atoms with van der Waals surface area (Å²) in [6.07, 6.45) is 0.391. The first-order chi connectivity index (χ1) is 11.2. The van der Waals surface area contributed by atoms with Crippen LogP contribution < -0.4 is 20.1 Å². The van der Waals surface area contributed by atoms with Crippen molar-refractivity contribution >= 4 is 17.3 Å². The highest BCUT2D eigenvalue weighted by atomic mass is 16.6. The molecule has 0 saturated carbocycles. The van der Waals surface area contributed by atoms with Crippen LogP contribution in [-0.4, -0.2) is 25.7 Å². The molecular weight excluding hydrogens is 292 g/mol. The fourth-order valence-corrected chi connectivity index (χ4v) is 2.42. The van der Waals surface area contributed by atoms with Crippen LogP contribution in [0.3, 0.4) is 0 Å². The molecule has 0 aromatic heterocycles. The van der Waals surface area contributed by atoms with Gasteiger partial charge in [-0.2, -0.15) is 0 Å². The van der Waals surface area contributed by atoms with E-state index in [2.05, 4.69) is 10.6 Å². The van der Waals surface area contributed by atoms with E-state index >= 15 is 0 Å². The number of hydrogen-bond donors (Lipinski definition) is 2. The Labute approximate surface area is 135 Å². The van der Waals surface area contributed by atoms with Crippen LogP contribution in [0.4, 0.5) is 11.4 Å². The van der Waals surface area contributed by atoms with Crippen molar-refractivity contribution in [2.75, 3.05) is 30.4 Å². The summed E-state index contributed by atoms with van der Waals surface area (Å²) in [6, 6.07) is 13.5. The third-order valence-corrected chi connectivity index (χ3v) is 3.53. The molecule has 0 spiro atoms. The Morgan fingerprint density at radius 2 is 1.87 bits per heavy atom. The molecular formula is C18H20N2O3. The van der Waals surface area contributed by atoms with E-state index in [0.29, 0.717) is 26.2 Å². The standard InChI is InChI=1S/C18H20N2O3/c1-13-3-2-4-15(11-13)20-18(21)7-8-19-14-5-6-16-17(12-14)23-10-9-22-16/h2-6,11-12,19H,7-10H2,1H3,(H,20,21). The van der Waals surface area contributed by atoms with Crippen LogP contribution in [0.25, 0.3) is 0 Å². The van der Waals surface area contributed by atoms with Gasteiger partial charge in [0.15, 0.2) is 11.5 Å². The second-order valence-electron chi connectivity index (χ2n) is 5.45. The Morgan fingerprint density at radius 3 is 2.70 bits per heavy atom. The Hall–Kier alpha value is -2.69. The van der Waals surface area contributed by atoms with Crippen LogP contribution in [0, 0.1) is 6.92 Å². The van der Waals surface area contributed by atoms with Gasteiger partial charge >= 0.3 is 0 Å². The normalized spacial score (nSPS) is 12.6. The molecule has 0 radical (unpaired) electrons. The molecule has 0 atom stereocenters. The maximum Gasteiger partial charge on any atom is 0.226 e. The number of benzene rings is 2. The zero-order valence-corrected chi connectivity index (χ0v) is 13.1. The summed E-state index contributed by atoms with van der Waals surface area (Å²) in [5.41, 5.74) is 2.86. The van der Waals surface area contributed by atoms with Crippen molar-refractivity contribution < 1.29 is 14.3 Å². The van der Waals surface area contributed by atoms with Crippen LogP contribution in [0.1, 0.15) is 12.0 Å². The molecule has 0 aliphatic carbocycles. The van der Waals surface area contributed by atoms with E-state index in [-0.39, 0.29) is 5.91 Å². The predicted octanol–water partition coefficient (Wildman–Crippen LogP) is 3.21. The molecule has 120 valence electrons. The number of aryl methyl sites for hydroxylation is 1. The van der Waals surface area contributed by atoms with Gasteiger partial charge < -0.3 is 20.1 Å². The van der Waals surface area contributed by atoms with E-state index in [0.717, 1.165) is 28.4 Å². The van der Waals surface area contributed by atoms with Crippen LogP contribution in [0.15, 0.2) is 42.5 Å². The minimum atomic E-state index is -0.0133. The van der Waals surface area contributed by atoms with Gasteiger partial charge in [0.2, 0.25) is 5.91 Å². The first kappa shape index (κ1) is 15.2. The molecule has 0 bridgehead atoms. The number of amides is 1. The van der Waals surface area contributed by atoms with E-state index in [4.69, 9.17) is 9.47 Å². The predicted molar refractivity (Wildman–Crippen MR) is 90.3 cm³/mol. The Balaban J connectivity index is 1.48. The van der Waals surface area contributed by atoms with Gasteiger partial charge in [-0.05, 0) is 36.8 Å². The van der Waals surface area contributed by atoms with Crippen molar-refractivity contribution in [2.24, 2.45) is 0 Å². The summed E-state index contributed by atoms with van der Waals surface area (Å²) in [6.45, 7) is 3.70. The average Bonchev–Trinajstić information content (AvgIpc) is 2.55. The van der Waals surface area contributed by atoms with Crippen molar-refractivity contribution in [1.29, 1.82) is 0 Å². The van der Waals surface area contributed by atoms with Crippen LogP contribution in [0.5, 0.6) is 11.5 Å². The quantitative estimate of drug-likeness (QED) is 0.890. The van der Waals surface area contributed by atoms with Gasteiger partial charge in [-0.25, -0.2) is 0 Å². The molecule has 5 heteroatoms. The number of ether oxygens (including phenoxy) is 2. The van der Waals surface area contributed by atoms with Gasteiger partial charge in [0.05, 0.1) is 0 Å². The maximum absolute atomic E-state index is 12.0. The second kappa shape index (κ2) is 7.05. The number of fused-ring (bicyclic) bond motifs is 1. The Kier molecular flexibility index (Phi) is 4.66. The lowest BCUT2D eigenvalue weighted by Gasteiger charge is -2.19. The largest absolute Gasteiger partial charge is 0.486 e. The molecule has 1 aliphatic rings. The fourth-order valence-electron chi connectivity index (χ4n) is 2.42. The van der Waals surface area contributed by atoms with Crippen LogP contribution in [-0.2, 0) is 4.79 Å². The highest BCUT2D eigenvalue weighted by Gasteiger charge is 2.11. The lowest BCUT2D eigenvalue weighted by molar-refractivity contribution is -0.115. The molecule has 23 heavy (non-hydrogen) atoms. The third-order valence-electron chi connectivity index (χ3n) is 3.53. The Morgan fingerprint density at radius 1 is 1.04 bits per heavy atom. The van der Waals surface area contributed by atoms with E-state index in [9.17, 15) is 4.79 Å². The van der Waals surface area contributed by atoms with Gasteiger partial charge in [0.25, 0.3) is 0 Å². The molecule has 2 aromatic rings. The van der Waals surface area contributed by atoms with Crippen LogP contribution >= 0.6 is 0 Å². The van der Waals surface area contributed by atoms with Crippen molar-refractivity contribution in [3.63, 3.8) is 0 Å². The molecule has 0 fully saturated rings. The van der Waals surface area contributed by atoms with Crippen LogP contribution in [0.2, 0.25) is 0 Å². The number of nitrogens with one attached hydrogen (secondary N) is 2. The summed E-state index contributed by atoms with van der Waals surface area (Å²) >= 11 is 0. The third kappa shape index (κ3) is 4.16. The Bertz CT molecular complexity index is 700. The summed E-state index contributed by atoms with van der Waals surface area (Å²) in [5, 5.41) is 6.12. The lowest BCUT2D eigenvalue weighted by atomic mass is 10.2. The molecule has 1 heterocycles. The van der Waals surface area contributed by atoms with Crippen molar-refractivity contribution in [1.82, 2.24) is 0 Å². The fraction of sp³-hybridized carbons (Fsp3) is 0.278. The smallest absolute Gasteiger partial charge is 0.226 e. The van der Waals surface area contributed by atoms with E-state index < -0.39 is 0 Å². The zero-order chi connectivity index (χ0) is 16.1. The van der Waals surface area contributed by atoms with E-state index in [1.807, 2.05) is 49.4 Å². The van der Waals surface area contributed by atoms with E-state index in [1.165, 1.54) is 0 Å². The highest BCUT2D eigenvalue weighted by Crippen LogP contribution is 2.32. The number of carbonyl (C=O) groups is 1. The monoisotopic (exact) mass is 312 g/mol. The SMILES string of the molecule is Cc1cccc(NC(=O)CCNc2ccc3c(c2)OCCO3)c1. The van der Waals surface area contributed by atoms with Crippen molar-refractivity contribution in [3.8, 4) is 11.5 Å². The molecule has 2 N–H and O–H groups in total. The summed E-state index contributed by atoms with van der Waals surface area (Å²) in [5.74, 6) is 1.49. The van der Waals surface area contributed by atoms with Gasteiger partial charge in [0, 0.05) is 30.4 Å². The topological polar surface area (TPSA) is 59.6 Å². The molecule has 0 unspecified atom stereocenters. The summed E-state index contributed by atoms with van der Waals surface area (Å²) < 4.78 is 11.0. The average molecular weight is 312 g/mol. The molecule has 2 aromatic carbocycles. The van der Waals surface area contributed by atoms with Gasteiger partial charge in [-0.15, -0.1) is 0 Å². The van der Waals surface area contributed by atoms with Gasteiger partial charge in [-0.1, -0.05) is 12.1 Å². The molecule has 3 rings (SSSR count). The maximum atomic E-state index is 12.0. The van der Waals surface area contributed by atoms with Gasteiger partial charge in [0.1, 0.15) is 13.2 Å².